The Kier molecular flexibility index (Phi) is 7.08. The highest BCUT2D eigenvalue weighted by Gasteiger charge is 2.13. The van der Waals surface area contributed by atoms with Gasteiger partial charge in [0.15, 0.2) is 6.61 Å². The molecule has 0 aromatic heterocycles. The first-order chi connectivity index (χ1) is 12.4. The third kappa shape index (κ3) is 6.51. The normalized spacial score (nSPS) is 10.5. The van der Waals surface area contributed by atoms with Crippen LogP contribution in [0.5, 0.6) is 5.75 Å². The molecule has 0 aliphatic rings. The van der Waals surface area contributed by atoms with Crippen molar-refractivity contribution >= 4 is 11.9 Å². The van der Waals surface area contributed by atoms with Crippen molar-refractivity contribution in [3.05, 3.63) is 65.7 Å². The summed E-state index contributed by atoms with van der Waals surface area (Å²) in [5.74, 6) is -0.793. The van der Waals surface area contributed by atoms with Gasteiger partial charge in [-0.25, -0.2) is 0 Å². The molecule has 0 N–H and O–H groups in total. The van der Waals surface area contributed by atoms with Gasteiger partial charge in [-0.1, -0.05) is 42.5 Å². The molecule has 0 saturated carbocycles. The van der Waals surface area contributed by atoms with E-state index in [-0.39, 0.29) is 31.2 Å². The molecular weight excluding hydrogens is 344 g/mol. The highest BCUT2D eigenvalue weighted by Crippen LogP contribution is 2.15. The van der Waals surface area contributed by atoms with Crippen LogP contribution < -0.4 is 4.74 Å². The fraction of sp³-hybridized carbons (Fsp3) is 0.263. The second-order valence-electron chi connectivity index (χ2n) is 5.60. The predicted molar refractivity (Wildman–Crippen MR) is 90.7 cm³/mol. The molecule has 2 rings (SSSR count). The molecule has 5 nitrogen and oxygen atoms in total. The number of amides is 1. The first-order valence-corrected chi connectivity index (χ1v) is 7.91. The van der Waals surface area contributed by atoms with Gasteiger partial charge in [0.25, 0.3) is 5.91 Å². The molecule has 2 aromatic rings. The monoisotopic (exact) mass is 363 g/mol. The number of rotatable bonds is 8. The maximum Gasteiger partial charge on any atom is 0.387 e. The molecule has 26 heavy (non-hydrogen) atoms. The van der Waals surface area contributed by atoms with Gasteiger partial charge in [-0.3, -0.25) is 9.59 Å². The summed E-state index contributed by atoms with van der Waals surface area (Å²) in [6, 6.07) is 15.1. The summed E-state index contributed by atoms with van der Waals surface area (Å²) in [6.07, 6.45) is 0.101. The van der Waals surface area contributed by atoms with E-state index in [1.54, 1.807) is 31.3 Å². The molecule has 0 saturated heterocycles. The summed E-state index contributed by atoms with van der Waals surface area (Å²) in [5, 5.41) is 0. The smallest absolute Gasteiger partial charge is 0.387 e. The van der Waals surface area contributed by atoms with Crippen molar-refractivity contribution in [2.24, 2.45) is 0 Å². The zero-order valence-corrected chi connectivity index (χ0v) is 14.2. The van der Waals surface area contributed by atoms with Crippen molar-refractivity contribution in [1.29, 1.82) is 0 Å². The van der Waals surface area contributed by atoms with E-state index < -0.39 is 12.6 Å². The van der Waals surface area contributed by atoms with Gasteiger partial charge in [0.2, 0.25) is 0 Å². The van der Waals surface area contributed by atoms with E-state index in [0.29, 0.717) is 0 Å². The second kappa shape index (κ2) is 9.50. The van der Waals surface area contributed by atoms with Crippen molar-refractivity contribution in [2.75, 3.05) is 13.7 Å². The molecule has 0 atom stereocenters. The summed E-state index contributed by atoms with van der Waals surface area (Å²) in [5.41, 5.74) is 1.54. The summed E-state index contributed by atoms with van der Waals surface area (Å²) in [4.78, 5) is 25.2. The number of ether oxygens (including phenoxy) is 2. The lowest BCUT2D eigenvalue weighted by Crippen LogP contribution is -2.31. The van der Waals surface area contributed by atoms with Gasteiger partial charge < -0.3 is 14.4 Å². The largest absolute Gasteiger partial charge is 0.455 e. The number of hydrogen-bond donors (Lipinski definition) is 0. The quantitative estimate of drug-likeness (QED) is 0.677. The van der Waals surface area contributed by atoms with Gasteiger partial charge >= 0.3 is 12.6 Å². The van der Waals surface area contributed by atoms with Crippen LogP contribution in [0.4, 0.5) is 8.78 Å². The molecule has 0 spiro atoms. The van der Waals surface area contributed by atoms with E-state index >= 15 is 0 Å². The first kappa shape index (κ1) is 19.4. The van der Waals surface area contributed by atoms with Gasteiger partial charge in [-0.05, 0) is 23.3 Å². The van der Waals surface area contributed by atoms with E-state index in [0.717, 1.165) is 11.1 Å². The molecule has 7 heteroatoms. The maximum atomic E-state index is 12.1. The van der Waals surface area contributed by atoms with Crippen LogP contribution in [-0.2, 0) is 27.3 Å². The highest BCUT2D eigenvalue weighted by molar-refractivity contribution is 5.81. The SMILES string of the molecule is CN(Cc1ccc(OC(F)F)cc1)C(=O)COC(=O)Cc1ccccc1. The minimum atomic E-state index is -2.88. The van der Waals surface area contributed by atoms with Crippen molar-refractivity contribution in [2.45, 2.75) is 19.6 Å². The zero-order chi connectivity index (χ0) is 18.9. The molecule has 0 aliphatic carbocycles. The van der Waals surface area contributed by atoms with Gasteiger partial charge in [0.1, 0.15) is 5.75 Å². The van der Waals surface area contributed by atoms with Crippen molar-refractivity contribution in [3.8, 4) is 5.75 Å². The molecule has 0 unspecified atom stereocenters. The molecule has 0 radical (unpaired) electrons. The van der Waals surface area contributed by atoms with E-state index in [9.17, 15) is 18.4 Å². The molecule has 0 fully saturated rings. The van der Waals surface area contributed by atoms with Crippen LogP contribution in [0.2, 0.25) is 0 Å². The van der Waals surface area contributed by atoms with Crippen molar-refractivity contribution in [3.63, 3.8) is 0 Å². The molecular formula is C19H19F2NO4. The van der Waals surface area contributed by atoms with Gasteiger partial charge in [-0.2, -0.15) is 8.78 Å². The Balaban J connectivity index is 1.77. The number of esters is 1. The third-order valence-corrected chi connectivity index (χ3v) is 3.54. The summed E-state index contributed by atoms with van der Waals surface area (Å²) in [7, 11) is 1.57. The fourth-order valence-electron chi connectivity index (χ4n) is 2.20. The van der Waals surface area contributed by atoms with Crippen LogP contribution in [0.15, 0.2) is 54.6 Å². The Morgan fingerprint density at radius 3 is 2.27 bits per heavy atom. The predicted octanol–water partition coefficient (Wildman–Crippen LogP) is 3.03. The Hall–Kier alpha value is -2.96. The van der Waals surface area contributed by atoms with Crippen LogP contribution in [0.3, 0.4) is 0 Å². The summed E-state index contributed by atoms with van der Waals surface area (Å²) < 4.78 is 33.5. The summed E-state index contributed by atoms with van der Waals surface area (Å²) in [6.45, 7) is -2.98. The number of halogens is 2. The van der Waals surface area contributed by atoms with Crippen molar-refractivity contribution < 1.29 is 27.8 Å². The molecule has 0 aliphatic heterocycles. The minimum Gasteiger partial charge on any atom is -0.455 e. The number of nitrogens with zero attached hydrogens (tertiary/aromatic N) is 1. The van der Waals surface area contributed by atoms with E-state index in [1.165, 1.54) is 17.0 Å². The van der Waals surface area contributed by atoms with Crippen LogP contribution in [0.1, 0.15) is 11.1 Å². The van der Waals surface area contributed by atoms with Crippen LogP contribution >= 0.6 is 0 Å². The van der Waals surface area contributed by atoms with E-state index in [1.807, 2.05) is 18.2 Å². The number of carbonyl (C=O) groups excluding carboxylic acids is 2. The molecule has 0 bridgehead atoms. The van der Waals surface area contributed by atoms with E-state index in [2.05, 4.69) is 4.74 Å². The minimum absolute atomic E-state index is 0.0487. The topological polar surface area (TPSA) is 55.8 Å². The maximum absolute atomic E-state index is 12.1. The van der Waals surface area contributed by atoms with E-state index in [4.69, 9.17) is 4.74 Å². The Morgan fingerprint density at radius 1 is 1.00 bits per heavy atom. The lowest BCUT2D eigenvalue weighted by atomic mass is 10.2. The van der Waals surface area contributed by atoms with Crippen LogP contribution in [0.25, 0.3) is 0 Å². The average Bonchev–Trinajstić information content (AvgIpc) is 2.61. The standard InChI is InChI=1S/C19H19F2NO4/c1-22(12-15-7-9-16(10-8-15)26-19(20)21)17(23)13-25-18(24)11-14-5-3-2-4-6-14/h2-10,19H,11-13H2,1H3. The van der Waals surface area contributed by atoms with Crippen molar-refractivity contribution in [1.82, 2.24) is 4.90 Å². The van der Waals surface area contributed by atoms with Crippen LogP contribution in [0, 0.1) is 0 Å². The zero-order valence-electron chi connectivity index (χ0n) is 14.2. The molecule has 0 heterocycles. The van der Waals surface area contributed by atoms with Gasteiger partial charge in [-0.15, -0.1) is 0 Å². The molecule has 2 aromatic carbocycles. The molecule has 138 valence electrons. The Morgan fingerprint density at radius 2 is 1.65 bits per heavy atom. The van der Waals surface area contributed by atoms with Crippen LogP contribution in [-0.4, -0.2) is 37.0 Å². The highest BCUT2D eigenvalue weighted by atomic mass is 19.3. The first-order valence-electron chi connectivity index (χ1n) is 7.91. The van der Waals surface area contributed by atoms with Gasteiger partial charge in [0, 0.05) is 13.6 Å². The number of likely N-dealkylation sites (N-methyl/N-ethyl adjacent to an activating group) is 1. The lowest BCUT2D eigenvalue weighted by molar-refractivity contribution is -0.151. The van der Waals surface area contributed by atoms with Gasteiger partial charge in [0.05, 0.1) is 6.42 Å². The number of hydrogen-bond acceptors (Lipinski definition) is 4. The Labute approximate surface area is 150 Å². The third-order valence-electron chi connectivity index (χ3n) is 3.54. The fourth-order valence-corrected chi connectivity index (χ4v) is 2.20. The lowest BCUT2D eigenvalue weighted by Gasteiger charge is -2.17. The number of benzene rings is 2. The number of alkyl halides is 2. The summed E-state index contributed by atoms with van der Waals surface area (Å²) >= 11 is 0. The number of carbonyl (C=O) groups is 2. The Bertz CT molecular complexity index is 720. The average molecular weight is 363 g/mol. The second-order valence-corrected chi connectivity index (χ2v) is 5.60. The molecule has 1 amide bonds.